The summed E-state index contributed by atoms with van der Waals surface area (Å²) in [6.45, 7) is 0.458. The van der Waals surface area contributed by atoms with Crippen molar-refractivity contribution in [3.63, 3.8) is 0 Å². The number of hydroxylamine groups is 1. The van der Waals surface area contributed by atoms with Crippen molar-refractivity contribution in [2.45, 2.75) is 24.5 Å². The molecule has 0 fully saturated rings. The quantitative estimate of drug-likeness (QED) is 0.196. The van der Waals surface area contributed by atoms with Crippen LogP contribution in [0.2, 0.25) is 0 Å². The van der Waals surface area contributed by atoms with E-state index in [-0.39, 0.29) is 18.9 Å². The molecule has 36 heavy (non-hydrogen) atoms. The molecule has 8 nitrogen and oxygen atoms in total. The van der Waals surface area contributed by atoms with Crippen LogP contribution in [0.4, 0.5) is 0 Å². The molecule has 0 saturated carbocycles. The number of nitrogens with zero attached hydrogens (tertiary/aromatic N) is 1. The Kier molecular flexibility index (Phi) is 8.25. The zero-order chi connectivity index (χ0) is 25.5. The summed E-state index contributed by atoms with van der Waals surface area (Å²) in [5, 5.41) is 18.7. The molecule has 0 saturated heterocycles. The molecule has 1 aliphatic rings. The number of carbonyl (C=O) groups is 1. The van der Waals surface area contributed by atoms with E-state index in [4.69, 9.17) is 24.3 Å². The average molecular weight is 555 g/mol. The van der Waals surface area contributed by atoms with Crippen LogP contribution in [0, 0.1) is 0 Å². The number of carbonyl (C=O) groups excluding carboxylic acids is 1. The first-order valence-electron chi connectivity index (χ1n) is 11.4. The molecule has 0 aliphatic carbocycles. The van der Waals surface area contributed by atoms with Crippen LogP contribution in [0.5, 0.6) is 11.5 Å². The molecule has 3 aromatic rings. The molecule has 0 bridgehead atoms. The fourth-order valence-corrected chi connectivity index (χ4v) is 4.36. The maximum absolute atomic E-state index is 13.3. The highest BCUT2D eigenvalue weighted by molar-refractivity contribution is 9.10. The first kappa shape index (κ1) is 25.7. The van der Waals surface area contributed by atoms with Crippen LogP contribution in [0.25, 0.3) is 0 Å². The first-order valence-corrected chi connectivity index (χ1v) is 12.2. The van der Waals surface area contributed by atoms with Gasteiger partial charge in [0.05, 0.1) is 13.7 Å². The normalized spacial score (nSPS) is 18.8. The third-order valence-electron chi connectivity index (χ3n) is 5.91. The number of aliphatic hydroxyl groups is 1. The van der Waals surface area contributed by atoms with E-state index in [2.05, 4.69) is 15.9 Å². The van der Waals surface area contributed by atoms with Gasteiger partial charge in [-0.05, 0) is 59.7 Å². The average Bonchev–Trinajstić information content (AvgIpc) is 3.30. The van der Waals surface area contributed by atoms with Crippen molar-refractivity contribution in [3.8, 4) is 11.5 Å². The number of aliphatic hydroxyl groups excluding tert-OH is 1. The number of aliphatic imine (C=N–C) groups is 1. The lowest BCUT2D eigenvalue weighted by atomic mass is 9.82. The number of hydrogen-bond acceptors (Lipinski definition) is 7. The molecule has 4 rings (SSSR count). The highest BCUT2D eigenvalue weighted by Gasteiger charge is 2.53. The lowest BCUT2D eigenvalue weighted by molar-refractivity contribution is -0.137. The van der Waals surface area contributed by atoms with Crippen molar-refractivity contribution in [1.82, 2.24) is 5.48 Å². The smallest absolute Gasteiger partial charge is 0.275 e. The molecule has 3 N–H and O–H groups in total. The summed E-state index contributed by atoms with van der Waals surface area (Å²) in [6, 6.07) is 22.0. The fraction of sp³-hybridized carbons (Fsp3) is 0.259. The Morgan fingerprint density at radius 1 is 1.11 bits per heavy atom. The number of methoxy groups -OCH3 is 1. The van der Waals surface area contributed by atoms with Gasteiger partial charge in [-0.15, -0.1) is 0 Å². The van der Waals surface area contributed by atoms with Crippen molar-refractivity contribution < 1.29 is 29.3 Å². The highest BCUT2D eigenvalue weighted by atomic mass is 79.9. The Hall–Kier alpha value is -3.40. The predicted octanol–water partition coefficient (Wildman–Crippen LogP) is 4.22. The Morgan fingerprint density at radius 3 is 2.53 bits per heavy atom. The largest absolute Gasteiger partial charge is 0.497 e. The number of rotatable bonds is 10. The molecule has 1 heterocycles. The van der Waals surface area contributed by atoms with Gasteiger partial charge in [-0.1, -0.05) is 40.2 Å². The minimum atomic E-state index is -1.49. The van der Waals surface area contributed by atoms with Crippen LogP contribution in [0.1, 0.15) is 29.2 Å². The first-order chi connectivity index (χ1) is 17.5. The van der Waals surface area contributed by atoms with E-state index in [1.807, 2.05) is 41.9 Å². The van der Waals surface area contributed by atoms with Crippen LogP contribution < -0.4 is 15.0 Å². The monoisotopic (exact) mass is 554 g/mol. The molecule has 0 radical (unpaired) electrons. The van der Waals surface area contributed by atoms with Crippen molar-refractivity contribution >= 4 is 27.7 Å². The van der Waals surface area contributed by atoms with Crippen molar-refractivity contribution in [2.24, 2.45) is 4.99 Å². The van der Waals surface area contributed by atoms with E-state index < -0.39 is 17.6 Å². The summed E-state index contributed by atoms with van der Waals surface area (Å²) >= 11 is 3.44. The Bertz CT molecular complexity index is 1220. The summed E-state index contributed by atoms with van der Waals surface area (Å²) in [4.78, 5) is 18.1. The molecule has 1 amide bonds. The summed E-state index contributed by atoms with van der Waals surface area (Å²) in [5.41, 5.74) is 2.50. The van der Waals surface area contributed by atoms with Gasteiger partial charge in [0.15, 0.2) is 11.6 Å². The van der Waals surface area contributed by atoms with E-state index in [9.17, 15) is 10.0 Å². The predicted molar refractivity (Wildman–Crippen MR) is 138 cm³/mol. The van der Waals surface area contributed by atoms with Crippen LogP contribution in [0.3, 0.4) is 0 Å². The Balaban J connectivity index is 1.76. The van der Waals surface area contributed by atoms with Crippen molar-refractivity contribution in [3.05, 3.63) is 94.0 Å². The minimum absolute atomic E-state index is 0.0573. The van der Waals surface area contributed by atoms with Crippen LogP contribution in [-0.4, -0.2) is 48.0 Å². The Morgan fingerprint density at radius 2 is 1.86 bits per heavy atom. The summed E-state index contributed by atoms with van der Waals surface area (Å²) in [5.74, 6) is 0.836. The number of hydrogen-bond donors (Lipinski definition) is 3. The number of nitrogens with one attached hydrogen (secondary N) is 1. The molecular formula is C27H27BrN2O6. The second kappa shape index (κ2) is 11.6. The molecule has 0 unspecified atom stereocenters. The van der Waals surface area contributed by atoms with Gasteiger partial charge in [0, 0.05) is 29.5 Å². The topological polar surface area (TPSA) is 110 Å². The second-order valence-corrected chi connectivity index (χ2v) is 9.23. The lowest BCUT2D eigenvalue weighted by Crippen LogP contribution is -2.49. The molecule has 2 atom stereocenters. The third-order valence-corrected chi connectivity index (χ3v) is 6.44. The van der Waals surface area contributed by atoms with Crippen LogP contribution in [0.15, 0.2) is 82.3 Å². The van der Waals surface area contributed by atoms with Gasteiger partial charge in [-0.25, -0.2) is 10.5 Å². The van der Waals surface area contributed by atoms with Crippen molar-refractivity contribution in [1.29, 1.82) is 0 Å². The van der Waals surface area contributed by atoms with Gasteiger partial charge < -0.3 is 19.3 Å². The third kappa shape index (κ3) is 5.53. The van der Waals surface area contributed by atoms with Crippen molar-refractivity contribution in [2.75, 3.05) is 20.3 Å². The summed E-state index contributed by atoms with van der Waals surface area (Å²) in [7, 11) is 1.57. The number of halogens is 1. The van der Waals surface area contributed by atoms with E-state index in [0.717, 1.165) is 10.0 Å². The molecule has 1 aliphatic heterocycles. The Labute approximate surface area is 217 Å². The molecule has 9 heteroatoms. The molecule has 188 valence electrons. The second-order valence-electron chi connectivity index (χ2n) is 8.31. The molecule has 0 spiro atoms. The molecule has 0 aromatic heterocycles. The zero-order valence-electron chi connectivity index (χ0n) is 19.7. The van der Waals surface area contributed by atoms with E-state index in [0.29, 0.717) is 35.7 Å². The van der Waals surface area contributed by atoms with Gasteiger partial charge in [0.2, 0.25) is 5.90 Å². The lowest BCUT2D eigenvalue weighted by Gasteiger charge is -2.30. The summed E-state index contributed by atoms with van der Waals surface area (Å²) in [6.07, 6.45) is -0.117. The van der Waals surface area contributed by atoms with Crippen LogP contribution >= 0.6 is 15.9 Å². The minimum Gasteiger partial charge on any atom is -0.497 e. The standard InChI is InChI=1S/C27H27BrN2O6/c1-34-23-5-2-4-20(16-23)24-27(26(32)30-33,17-18-6-10-21(28)11-7-18)29-25(36-24)19-8-12-22(13-9-19)35-15-3-14-31/h2,4-13,16,24,31,33H,3,14-15,17H2,1H3,(H,30,32)/t24-,27-/m0/s1. The van der Waals surface area contributed by atoms with Crippen LogP contribution in [-0.2, 0) is 16.0 Å². The van der Waals surface area contributed by atoms with Gasteiger partial charge in [-0.3, -0.25) is 10.0 Å². The maximum atomic E-state index is 13.3. The zero-order valence-corrected chi connectivity index (χ0v) is 21.3. The van der Waals surface area contributed by atoms with E-state index in [1.165, 1.54) is 0 Å². The highest BCUT2D eigenvalue weighted by Crippen LogP contribution is 2.43. The molecular weight excluding hydrogens is 528 g/mol. The number of ether oxygens (including phenoxy) is 3. The van der Waals surface area contributed by atoms with E-state index >= 15 is 0 Å². The van der Waals surface area contributed by atoms with Gasteiger partial charge >= 0.3 is 0 Å². The van der Waals surface area contributed by atoms with E-state index in [1.54, 1.807) is 43.5 Å². The molecule has 3 aromatic carbocycles. The maximum Gasteiger partial charge on any atom is 0.275 e. The fourth-order valence-electron chi connectivity index (χ4n) is 4.10. The van der Waals surface area contributed by atoms with Gasteiger partial charge in [0.25, 0.3) is 5.91 Å². The SMILES string of the molecule is COc1cccc([C@@H]2OC(c3ccc(OCCCO)cc3)=N[C@]2(Cc2ccc(Br)cc2)C(=O)NO)c1. The number of amides is 1. The van der Waals surface area contributed by atoms with Gasteiger partial charge in [-0.2, -0.15) is 0 Å². The summed E-state index contributed by atoms with van der Waals surface area (Å²) < 4.78 is 18.3. The number of benzene rings is 3. The van der Waals surface area contributed by atoms with Gasteiger partial charge in [0.1, 0.15) is 11.5 Å².